The number of hydrogen-bond donors (Lipinski definition) is 3. The summed E-state index contributed by atoms with van der Waals surface area (Å²) in [5.41, 5.74) is 2.91. The van der Waals surface area contributed by atoms with Crippen LogP contribution in [0.1, 0.15) is 55.9 Å². The van der Waals surface area contributed by atoms with E-state index >= 15 is 4.79 Å². The Kier molecular flexibility index (Phi) is 11.4. The van der Waals surface area contributed by atoms with Crippen LogP contribution in [-0.4, -0.2) is 63.0 Å². The van der Waals surface area contributed by atoms with Gasteiger partial charge in [-0.2, -0.15) is 0 Å². The number of hydrogen-bond acceptors (Lipinski definition) is 5. The van der Waals surface area contributed by atoms with Gasteiger partial charge in [-0.3, -0.25) is 14.5 Å². The van der Waals surface area contributed by atoms with E-state index in [1.54, 1.807) is 25.7 Å². The van der Waals surface area contributed by atoms with E-state index in [-0.39, 0.29) is 24.8 Å². The number of nitrogens with one attached hydrogen (secondary N) is 3. The third kappa shape index (κ3) is 9.08. The first-order chi connectivity index (χ1) is 25.1. The van der Waals surface area contributed by atoms with Crippen molar-refractivity contribution in [2.24, 2.45) is 0 Å². The zero-order valence-corrected chi connectivity index (χ0v) is 30.3. The summed E-state index contributed by atoms with van der Waals surface area (Å²) >= 11 is 0. The Balaban J connectivity index is 1.38. The van der Waals surface area contributed by atoms with Gasteiger partial charge in [0.05, 0.1) is 0 Å². The van der Waals surface area contributed by atoms with Crippen molar-refractivity contribution < 1.29 is 19.1 Å². The number of aromatic nitrogens is 1. The zero-order valence-electron chi connectivity index (χ0n) is 30.3. The lowest BCUT2D eigenvalue weighted by atomic mass is 9.82. The molecule has 1 atom stereocenters. The number of fused-ring (bicyclic) bond motifs is 1. The molecule has 270 valence electrons. The molecule has 1 saturated heterocycles. The minimum atomic E-state index is -1.19. The third-order valence-electron chi connectivity index (χ3n) is 9.71. The summed E-state index contributed by atoms with van der Waals surface area (Å²) in [5.74, 6) is -0.547. The lowest BCUT2D eigenvalue weighted by Crippen LogP contribution is -2.67. The molecule has 0 saturated carbocycles. The van der Waals surface area contributed by atoms with E-state index in [4.69, 9.17) is 4.74 Å². The maximum Gasteiger partial charge on any atom is 0.408 e. The fourth-order valence-corrected chi connectivity index (χ4v) is 7.05. The van der Waals surface area contributed by atoms with Gasteiger partial charge in [-0.1, -0.05) is 109 Å². The van der Waals surface area contributed by atoms with Crippen molar-refractivity contribution >= 4 is 28.8 Å². The molecular weight excluding hydrogens is 651 g/mol. The lowest BCUT2D eigenvalue weighted by Gasteiger charge is -2.48. The maximum absolute atomic E-state index is 15.3. The van der Waals surface area contributed by atoms with E-state index in [1.165, 1.54) is 5.56 Å². The number of carbonyl (C=O) groups excluding carboxylic acids is 3. The van der Waals surface area contributed by atoms with Gasteiger partial charge in [0, 0.05) is 56.2 Å². The maximum atomic E-state index is 15.3. The van der Waals surface area contributed by atoms with Gasteiger partial charge in [-0.15, -0.1) is 0 Å². The number of benzene rings is 4. The number of nitrogens with zero attached hydrogens (tertiary/aromatic N) is 2. The van der Waals surface area contributed by atoms with Crippen LogP contribution in [0.25, 0.3) is 10.9 Å². The number of aromatic amines is 1. The minimum absolute atomic E-state index is 0.192. The molecule has 6 rings (SSSR count). The van der Waals surface area contributed by atoms with Crippen molar-refractivity contribution in [3.8, 4) is 0 Å². The molecule has 1 aliphatic heterocycles. The molecule has 2 heterocycles. The Labute approximate surface area is 306 Å². The zero-order chi connectivity index (χ0) is 36.6. The Bertz CT molecular complexity index is 1930. The summed E-state index contributed by atoms with van der Waals surface area (Å²) in [4.78, 5) is 50.9. The highest BCUT2D eigenvalue weighted by Crippen LogP contribution is 2.34. The molecule has 3 amide bonds. The number of alkyl carbamates (subject to hydrolysis) is 1. The molecule has 1 aromatic heterocycles. The van der Waals surface area contributed by atoms with E-state index in [2.05, 4.69) is 32.7 Å². The molecule has 3 N–H and O–H groups in total. The molecule has 9 nitrogen and oxygen atoms in total. The quantitative estimate of drug-likeness (QED) is 0.130. The van der Waals surface area contributed by atoms with Gasteiger partial charge >= 0.3 is 6.09 Å². The fourth-order valence-electron chi connectivity index (χ4n) is 7.05. The van der Waals surface area contributed by atoms with Crippen LogP contribution in [0.5, 0.6) is 0 Å². The molecule has 0 aliphatic carbocycles. The van der Waals surface area contributed by atoms with Crippen molar-refractivity contribution in [3.05, 3.63) is 144 Å². The molecule has 5 aromatic rings. The minimum Gasteiger partial charge on any atom is -0.444 e. The second-order valence-corrected chi connectivity index (χ2v) is 14.6. The summed E-state index contributed by atoms with van der Waals surface area (Å²) in [7, 11) is 0. The van der Waals surface area contributed by atoms with E-state index in [0.717, 1.165) is 34.1 Å². The third-order valence-corrected chi connectivity index (χ3v) is 9.71. The first-order valence-corrected chi connectivity index (χ1v) is 18.1. The van der Waals surface area contributed by atoms with Crippen LogP contribution in [0, 0.1) is 0 Å². The Morgan fingerprint density at radius 1 is 0.808 bits per heavy atom. The van der Waals surface area contributed by atoms with E-state index in [9.17, 15) is 9.59 Å². The number of ether oxygens (including phenoxy) is 1. The number of H-pyrrole nitrogens is 1. The number of carbonyl (C=O) groups is 3. The molecule has 4 aromatic carbocycles. The van der Waals surface area contributed by atoms with E-state index in [0.29, 0.717) is 32.5 Å². The van der Waals surface area contributed by atoms with Gasteiger partial charge in [-0.05, 0) is 61.9 Å². The Hall–Kier alpha value is -5.41. The van der Waals surface area contributed by atoms with Crippen molar-refractivity contribution in [3.63, 3.8) is 0 Å². The molecule has 52 heavy (non-hydrogen) atoms. The predicted octanol–water partition coefficient (Wildman–Crippen LogP) is 6.98. The van der Waals surface area contributed by atoms with E-state index < -0.39 is 23.3 Å². The van der Waals surface area contributed by atoms with Crippen molar-refractivity contribution in [2.75, 3.05) is 13.1 Å². The first kappa shape index (κ1) is 36.4. The largest absolute Gasteiger partial charge is 0.444 e. The molecule has 0 unspecified atom stereocenters. The van der Waals surface area contributed by atoms with E-state index in [1.807, 2.05) is 109 Å². The fraction of sp³-hybridized carbons (Fsp3) is 0.326. The Morgan fingerprint density at radius 3 is 2.02 bits per heavy atom. The second kappa shape index (κ2) is 16.3. The van der Waals surface area contributed by atoms with Crippen LogP contribution in [0.4, 0.5) is 4.79 Å². The molecular formula is C43H49N5O4. The van der Waals surface area contributed by atoms with Gasteiger partial charge in [-0.25, -0.2) is 4.79 Å². The van der Waals surface area contributed by atoms with Crippen molar-refractivity contribution in [2.45, 2.75) is 76.8 Å². The standard InChI is InChI=1S/C43H49N5O4/c1-42(2,3)52-41(51)46-38(27-35-29-44-37-22-14-13-21-36(35)37)39(49)48(31-34-19-11-6-12-20-34)43(40(50)45-28-32-15-7-4-8-16-32)23-25-47(26-24-43)30-33-17-9-5-10-18-33/h4-22,29,38,44H,23-28,30-31H2,1-3H3,(H,45,50)(H,46,51)/t38-/m0/s1. The summed E-state index contributed by atoms with van der Waals surface area (Å²) < 4.78 is 5.68. The molecule has 1 fully saturated rings. The van der Waals surface area contributed by atoms with Crippen molar-refractivity contribution in [1.82, 2.24) is 25.4 Å². The highest BCUT2D eigenvalue weighted by molar-refractivity contribution is 5.95. The monoisotopic (exact) mass is 699 g/mol. The van der Waals surface area contributed by atoms with Crippen LogP contribution in [0.3, 0.4) is 0 Å². The average Bonchev–Trinajstić information content (AvgIpc) is 3.56. The normalized spacial score (nSPS) is 15.1. The number of piperidine rings is 1. The molecule has 0 bridgehead atoms. The van der Waals surface area contributed by atoms with Gasteiger partial charge in [0.2, 0.25) is 11.8 Å². The summed E-state index contributed by atoms with van der Waals surface area (Å²) in [6.45, 7) is 7.87. The SMILES string of the molecule is CC(C)(C)OC(=O)N[C@@H](Cc1c[nH]c2ccccc12)C(=O)N(Cc1ccccc1)C1(C(=O)NCc2ccccc2)CCN(Cc2ccccc2)CC1. The number of rotatable bonds is 12. The molecule has 0 spiro atoms. The Morgan fingerprint density at radius 2 is 1.38 bits per heavy atom. The van der Waals surface area contributed by atoms with Crippen LogP contribution < -0.4 is 10.6 Å². The number of para-hydroxylation sites is 1. The highest BCUT2D eigenvalue weighted by Gasteiger charge is 2.49. The number of likely N-dealkylation sites (tertiary alicyclic amines) is 1. The second-order valence-electron chi connectivity index (χ2n) is 14.6. The van der Waals surface area contributed by atoms with Gasteiger partial charge in [0.25, 0.3) is 0 Å². The molecule has 9 heteroatoms. The topological polar surface area (TPSA) is 107 Å². The van der Waals surface area contributed by atoms with Crippen LogP contribution in [-0.2, 0) is 40.4 Å². The lowest BCUT2D eigenvalue weighted by molar-refractivity contribution is -0.154. The molecule has 1 aliphatic rings. The summed E-state index contributed by atoms with van der Waals surface area (Å²) in [6.07, 6.45) is 2.24. The predicted molar refractivity (Wildman–Crippen MR) is 204 cm³/mol. The summed E-state index contributed by atoms with van der Waals surface area (Å²) in [5, 5.41) is 7.10. The first-order valence-electron chi connectivity index (χ1n) is 18.1. The van der Waals surface area contributed by atoms with Gasteiger partial charge in [0.1, 0.15) is 17.2 Å². The van der Waals surface area contributed by atoms with Crippen LogP contribution in [0.15, 0.2) is 121 Å². The van der Waals surface area contributed by atoms with Crippen molar-refractivity contribution in [1.29, 1.82) is 0 Å². The van der Waals surface area contributed by atoms with Crippen LogP contribution >= 0.6 is 0 Å². The van der Waals surface area contributed by atoms with Gasteiger partial charge in [0.15, 0.2) is 0 Å². The highest BCUT2D eigenvalue weighted by atomic mass is 16.6. The molecule has 0 radical (unpaired) electrons. The average molecular weight is 700 g/mol. The number of amides is 3. The smallest absolute Gasteiger partial charge is 0.408 e. The van der Waals surface area contributed by atoms with Gasteiger partial charge < -0.3 is 25.3 Å². The summed E-state index contributed by atoms with van der Waals surface area (Å²) in [6, 6.07) is 36.7. The van der Waals surface area contributed by atoms with Crippen LogP contribution in [0.2, 0.25) is 0 Å².